The number of carbonyl (C=O) groups is 5. The molecule has 4 atom stereocenters. The Balaban J connectivity index is 1.65. The summed E-state index contributed by atoms with van der Waals surface area (Å²) in [5.74, 6) is -1.47. The van der Waals surface area contributed by atoms with E-state index in [2.05, 4.69) is 26.3 Å². The lowest BCUT2D eigenvalue weighted by Crippen LogP contribution is -2.61. The van der Waals surface area contributed by atoms with E-state index in [1.165, 1.54) is 4.90 Å². The number of rotatable bonds is 12. The molecule has 1 aromatic carbocycles. The number of benzene rings is 1. The topological polar surface area (TPSA) is 168 Å². The third-order valence-electron chi connectivity index (χ3n) is 8.48. The van der Waals surface area contributed by atoms with Crippen LogP contribution in [0, 0.1) is 12.3 Å². The molecule has 4 N–H and O–H groups in total. The highest BCUT2D eigenvalue weighted by Gasteiger charge is 2.47. The van der Waals surface area contributed by atoms with Crippen LogP contribution < -0.4 is 30.7 Å². The molecule has 13 heteroatoms. The van der Waals surface area contributed by atoms with Crippen LogP contribution >= 0.6 is 0 Å². The lowest BCUT2D eigenvalue weighted by molar-refractivity contribution is -0.144. The van der Waals surface area contributed by atoms with Gasteiger partial charge < -0.3 is 35.6 Å². The van der Waals surface area contributed by atoms with E-state index in [0.29, 0.717) is 23.7 Å². The molecule has 1 saturated carbocycles. The van der Waals surface area contributed by atoms with Crippen molar-refractivity contribution < 1.29 is 33.4 Å². The number of Topliss-reactive ketones (excluding diaryl/α,β-unsaturated/α-hetero) is 1. The molecule has 2 fully saturated rings. The smallest absolute Gasteiger partial charge is 0.315 e. The van der Waals surface area contributed by atoms with Gasteiger partial charge in [-0.3, -0.25) is 19.2 Å². The summed E-state index contributed by atoms with van der Waals surface area (Å²) in [6.45, 7) is 14.7. The van der Waals surface area contributed by atoms with Gasteiger partial charge >= 0.3 is 6.03 Å². The van der Waals surface area contributed by atoms with Gasteiger partial charge in [-0.15, -0.1) is 0 Å². The Labute approximate surface area is 288 Å². The maximum Gasteiger partial charge on any atom is 0.315 e. The second-order valence-corrected chi connectivity index (χ2v) is 15.2. The van der Waals surface area contributed by atoms with Crippen molar-refractivity contribution in [1.29, 1.82) is 0 Å². The highest BCUT2D eigenvalue weighted by atomic mass is 16.5. The Hall–Kier alpha value is -4.42. The van der Waals surface area contributed by atoms with Crippen molar-refractivity contribution in [1.82, 2.24) is 31.2 Å². The Bertz CT molecular complexity index is 1580. The van der Waals surface area contributed by atoms with Gasteiger partial charge in [-0.2, -0.15) is 0 Å². The number of nitrogens with one attached hydrogen (secondary N) is 4. The van der Waals surface area contributed by atoms with Crippen molar-refractivity contribution in [2.75, 3.05) is 13.7 Å². The van der Waals surface area contributed by atoms with Gasteiger partial charge in [0.1, 0.15) is 23.9 Å². The third kappa shape index (κ3) is 9.82. The molecule has 2 aromatic rings. The van der Waals surface area contributed by atoms with Gasteiger partial charge in [0, 0.05) is 29.1 Å². The first-order valence-corrected chi connectivity index (χ1v) is 17.1. The Morgan fingerprint density at radius 3 is 2.31 bits per heavy atom. The molecule has 5 amide bonds. The molecule has 1 aromatic heterocycles. The van der Waals surface area contributed by atoms with Crippen LogP contribution in [0.3, 0.4) is 0 Å². The van der Waals surface area contributed by atoms with Gasteiger partial charge in [-0.1, -0.05) is 34.1 Å². The number of likely N-dealkylation sites (tertiary alicyclic amines) is 1. The largest absolute Gasteiger partial charge is 0.497 e. The van der Waals surface area contributed by atoms with Gasteiger partial charge in [-0.05, 0) is 82.0 Å². The maximum atomic E-state index is 14.4. The van der Waals surface area contributed by atoms with Crippen molar-refractivity contribution in [2.45, 2.75) is 123 Å². The molecule has 1 aliphatic heterocycles. The number of aryl methyl sites for hydroxylation is 1. The van der Waals surface area contributed by atoms with Crippen LogP contribution in [0.4, 0.5) is 4.79 Å². The Morgan fingerprint density at radius 1 is 1.02 bits per heavy atom. The number of hydrogen-bond acceptors (Lipinski definition) is 8. The molecule has 0 radical (unpaired) electrons. The monoisotopic (exact) mass is 680 g/mol. The molecule has 49 heavy (non-hydrogen) atoms. The summed E-state index contributed by atoms with van der Waals surface area (Å²) < 4.78 is 11.8. The third-order valence-corrected chi connectivity index (χ3v) is 8.48. The number of aromatic nitrogens is 1. The molecule has 4 rings (SSSR count). The van der Waals surface area contributed by atoms with Crippen molar-refractivity contribution in [3.8, 4) is 11.6 Å². The first kappa shape index (κ1) is 37.4. The van der Waals surface area contributed by atoms with Crippen LogP contribution in [0.15, 0.2) is 24.3 Å². The number of ether oxygens (including phenoxy) is 2. The number of ketones is 1. The summed E-state index contributed by atoms with van der Waals surface area (Å²) in [5.41, 5.74) is -0.574. The molecule has 1 aliphatic carbocycles. The summed E-state index contributed by atoms with van der Waals surface area (Å²) in [7, 11) is 1.59. The average Bonchev–Trinajstić information content (AvgIpc) is 3.72. The normalized spacial score (nSPS) is 19.1. The van der Waals surface area contributed by atoms with Crippen molar-refractivity contribution >= 4 is 40.3 Å². The fraction of sp³-hybridized carbons (Fsp3) is 0.611. The summed E-state index contributed by atoms with van der Waals surface area (Å²) in [4.78, 5) is 73.3. The first-order chi connectivity index (χ1) is 22.9. The average molecular weight is 681 g/mol. The molecule has 2 heterocycles. The second kappa shape index (κ2) is 15.0. The van der Waals surface area contributed by atoms with Gasteiger partial charge in [0.05, 0.1) is 19.7 Å². The molecule has 268 valence electrons. The van der Waals surface area contributed by atoms with E-state index in [1.54, 1.807) is 13.2 Å². The van der Waals surface area contributed by atoms with E-state index in [1.807, 2.05) is 73.6 Å². The van der Waals surface area contributed by atoms with Gasteiger partial charge in [0.2, 0.25) is 23.5 Å². The molecule has 1 unspecified atom stereocenters. The van der Waals surface area contributed by atoms with Gasteiger partial charge in [0.25, 0.3) is 5.91 Å². The van der Waals surface area contributed by atoms with Crippen molar-refractivity contribution in [3.63, 3.8) is 0 Å². The van der Waals surface area contributed by atoms with Crippen LogP contribution in [0.25, 0.3) is 10.8 Å². The fourth-order valence-corrected chi connectivity index (χ4v) is 5.87. The number of nitrogens with zero attached hydrogens (tertiary/aromatic N) is 2. The molecule has 2 aliphatic rings. The fourth-order valence-electron chi connectivity index (χ4n) is 5.87. The summed E-state index contributed by atoms with van der Waals surface area (Å²) in [5, 5.41) is 12.7. The van der Waals surface area contributed by atoms with E-state index in [9.17, 15) is 24.0 Å². The first-order valence-electron chi connectivity index (χ1n) is 17.1. The second-order valence-electron chi connectivity index (χ2n) is 15.2. The van der Waals surface area contributed by atoms with E-state index in [0.717, 1.165) is 23.6 Å². The molecule has 13 nitrogen and oxygen atoms in total. The van der Waals surface area contributed by atoms with Crippen molar-refractivity contribution in [2.24, 2.45) is 5.41 Å². The minimum atomic E-state index is -1.06. The lowest BCUT2D eigenvalue weighted by atomic mass is 9.85. The zero-order valence-electron chi connectivity index (χ0n) is 30.2. The number of methoxy groups -OCH3 is 1. The quantitative estimate of drug-likeness (QED) is 0.247. The van der Waals surface area contributed by atoms with E-state index in [-0.39, 0.29) is 25.4 Å². The number of amides is 5. The SMILES string of the molecule is CCC[C@H](NC(=O)C1C[C@@H](Oc2nc(C)cc3cc(OC)ccc23)CN1C(=O)[C@@H](NC(=O)NC(C)(C)C)C(C)(C)C)C(=O)C(=O)NC1CC1. The van der Waals surface area contributed by atoms with E-state index >= 15 is 0 Å². The molecule has 1 saturated heterocycles. The van der Waals surface area contributed by atoms with Crippen molar-refractivity contribution in [3.05, 3.63) is 30.0 Å². The summed E-state index contributed by atoms with van der Waals surface area (Å²) in [6, 6.07) is 3.80. The molecule has 0 bridgehead atoms. The number of fused-ring (bicyclic) bond motifs is 1. The standard InChI is InChI=1S/C36H52N6O7/c1-10-11-26(28(43)31(45)38-22-12-13-22)39-30(44)27-18-24(49-32-25-15-14-23(48-9)17-21(25)16-20(2)37-32)19-42(27)33(46)29(35(3,4)5)40-34(47)41-36(6,7)8/h14-17,22,24,26-27,29H,10-13,18-19H2,1-9H3,(H,38,45)(H,39,44)(H2,40,41,47)/t24-,26+,27?,29-/m1/s1. The zero-order chi connectivity index (χ0) is 36.3. The van der Waals surface area contributed by atoms with Gasteiger partial charge in [-0.25, -0.2) is 9.78 Å². The van der Waals surface area contributed by atoms with Gasteiger partial charge in [0.15, 0.2) is 0 Å². The number of carbonyl (C=O) groups excluding carboxylic acids is 5. The minimum Gasteiger partial charge on any atom is -0.497 e. The highest BCUT2D eigenvalue weighted by Crippen LogP contribution is 2.32. The highest BCUT2D eigenvalue weighted by molar-refractivity contribution is 6.38. The van der Waals surface area contributed by atoms with E-state index < -0.39 is 64.7 Å². The van der Waals surface area contributed by atoms with Crippen LogP contribution in [-0.4, -0.2) is 88.9 Å². The Kier molecular flexibility index (Phi) is 11.4. The van der Waals surface area contributed by atoms with Crippen LogP contribution in [0.2, 0.25) is 0 Å². The summed E-state index contributed by atoms with van der Waals surface area (Å²) in [6.07, 6.45) is 1.88. The van der Waals surface area contributed by atoms with E-state index in [4.69, 9.17) is 9.47 Å². The summed E-state index contributed by atoms with van der Waals surface area (Å²) >= 11 is 0. The number of urea groups is 1. The van der Waals surface area contributed by atoms with Crippen LogP contribution in [-0.2, 0) is 19.2 Å². The molecular formula is C36H52N6O7. The minimum absolute atomic E-state index is 0.0139. The lowest BCUT2D eigenvalue weighted by Gasteiger charge is -2.36. The predicted octanol–water partition coefficient (Wildman–Crippen LogP) is 3.55. The zero-order valence-corrected chi connectivity index (χ0v) is 30.2. The molecular weight excluding hydrogens is 628 g/mol. The van der Waals surface area contributed by atoms with Crippen LogP contribution in [0.1, 0.15) is 86.3 Å². The van der Waals surface area contributed by atoms with Crippen LogP contribution in [0.5, 0.6) is 11.6 Å². The Morgan fingerprint density at radius 2 is 1.71 bits per heavy atom. The molecule has 0 spiro atoms. The maximum absolute atomic E-state index is 14.4. The number of hydrogen-bond donors (Lipinski definition) is 4. The predicted molar refractivity (Wildman–Crippen MR) is 185 cm³/mol. The number of pyridine rings is 1.